The lowest BCUT2D eigenvalue weighted by atomic mass is 9.62. The standard InChI is InChI=1S/C28H33N9OS/c1-16-17(2)39-27-24(16)25(30-22(13-23-32-35-36(4)34-23)26-33-31-18(3)37(26)27)19-5-7-20(8-6-19)38-21-14-28(15-21)9-11-29-12-10-28/h5-8,21-22,29H,9-15H2,1-4H3/t22-/m0/s1. The molecule has 2 aliphatic heterocycles. The van der Waals surface area contributed by atoms with Gasteiger partial charge in [-0.1, -0.05) is 0 Å². The van der Waals surface area contributed by atoms with E-state index in [0.717, 1.165) is 65.2 Å². The van der Waals surface area contributed by atoms with Crippen LogP contribution in [0.4, 0.5) is 0 Å². The summed E-state index contributed by atoms with van der Waals surface area (Å²) >= 11 is 1.76. The van der Waals surface area contributed by atoms with Crippen molar-refractivity contribution >= 4 is 17.0 Å². The molecule has 0 amide bonds. The Labute approximate surface area is 231 Å². The van der Waals surface area contributed by atoms with Gasteiger partial charge in [-0.3, -0.25) is 9.56 Å². The molecule has 1 spiro atoms. The summed E-state index contributed by atoms with van der Waals surface area (Å²) in [6, 6.07) is 8.17. The SMILES string of the molecule is Cc1sc2c(c1C)C(c1ccc(OC3CC4(CCNCC4)C3)cc1)=N[C@@H](Cc1nnn(C)n1)c1nnc(C)n1-2. The average molecular weight is 544 g/mol. The van der Waals surface area contributed by atoms with Gasteiger partial charge in [0, 0.05) is 22.4 Å². The van der Waals surface area contributed by atoms with Crippen molar-refractivity contribution < 1.29 is 4.74 Å². The summed E-state index contributed by atoms with van der Waals surface area (Å²) in [5.41, 5.74) is 4.88. The number of aryl methyl sites for hydroxylation is 3. The van der Waals surface area contributed by atoms with Crippen LogP contribution in [0.1, 0.15) is 70.8 Å². The molecule has 0 bridgehead atoms. The molecule has 3 aromatic heterocycles. The summed E-state index contributed by atoms with van der Waals surface area (Å²) in [5, 5.41) is 26.3. The second-order valence-corrected chi connectivity index (χ2v) is 12.4. The number of hydrogen-bond donors (Lipinski definition) is 1. The number of ether oxygens (including phenoxy) is 1. The van der Waals surface area contributed by atoms with Crippen molar-refractivity contribution in [3.05, 3.63) is 63.3 Å². The highest BCUT2D eigenvalue weighted by Gasteiger charge is 2.45. The van der Waals surface area contributed by atoms with Gasteiger partial charge in [0.05, 0.1) is 18.9 Å². The molecule has 1 aliphatic carbocycles. The van der Waals surface area contributed by atoms with E-state index in [1.165, 1.54) is 28.1 Å². The Kier molecular flexibility index (Phi) is 5.89. The number of piperidine rings is 1. The summed E-state index contributed by atoms with van der Waals surface area (Å²) < 4.78 is 8.55. The van der Waals surface area contributed by atoms with E-state index in [2.05, 4.69) is 73.6 Å². The van der Waals surface area contributed by atoms with Crippen LogP contribution < -0.4 is 10.1 Å². The lowest BCUT2D eigenvalue weighted by Crippen LogP contribution is -2.49. The van der Waals surface area contributed by atoms with E-state index in [-0.39, 0.29) is 6.04 Å². The zero-order valence-corrected chi connectivity index (χ0v) is 23.6. The third kappa shape index (κ3) is 4.28. The van der Waals surface area contributed by atoms with Gasteiger partial charge in [-0.15, -0.1) is 31.7 Å². The van der Waals surface area contributed by atoms with Gasteiger partial charge in [0.1, 0.15) is 22.6 Å². The molecule has 10 nitrogen and oxygen atoms in total. The highest BCUT2D eigenvalue weighted by molar-refractivity contribution is 7.15. The molecule has 5 heterocycles. The van der Waals surface area contributed by atoms with E-state index < -0.39 is 0 Å². The maximum Gasteiger partial charge on any atom is 0.177 e. The van der Waals surface area contributed by atoms with E-state index in [9.17, 15) is 0 Å². The predicted octanol–water partition coefficient (Wildman–Crippen LogP) is 3.82. The summed E-state index contributed by atoms with van der Waals surface area (Å²) in [5.74, 6) is 3.20. The zero-order chi connectivity index (χ0) is 26.7. The van der Waals surface area contributed by atoms with E-state index in [1.54, 1.807) is 18.4 Å². The van der Waals surface area contributed by atoms with Crippen LogP contribution in [0.2, 0.25) is 0 Å². The monoisotopic (exact) mass is 543 g/mol. The first-order valence-electron chi connectivity index (χ1n) is 13.7. The summed E-state index contributed by atoms with van der Waals surface area (Å²) in [7, 11) is 1.77. The lowest BCUT2D eigenvalue weighted by Gasteiger charge is -2.49. The minimum absolute atomic E-state index is 0.295. The third-order valence-corrected chi connectivity index (χ3v) is 9.77. The number of thiophene rings is 1. The molecule has 202 valence electrons. The summed E-state index contributed by atoms with van der Waals surface area (Å²) in [6.07, 6.45) is 5.67. The first kappa shape index (κ1) is 24.6. The average Bonchev–Trinajstić information content (AvgIpc) is 3.56. The fourth-order valence-electron chi connectivity index (χ4n) is 6.34. The molecule has 1 aromatic carbocycles. The second-order valence-electron chi connectivity index (χ2n) is 11.2. The highest BCUT2D eigenvalue weighted by Crippen LogP contribution is 2.49. The number of aromatic nitrogens is 7. The molecule has 0 radical (unpaired) electrons. The van der Waals surface area contributed by atoms with Crippen molar-refractivity contribution in [1.82, 2.24) is 40.3 Å². The topological polar surface area (TPSA) is 108 Å². The van der Waals surface area contributed by atoms with Crippen molar-refractivity contribution in [2.75, 3.05) is 13.1 Å². The Morgan fingerprint density at radius 3 is 2.54 bits per heavy atom. The zero-order valence-electron chi connectivity index (χ0n) is 22.8. The van der Waals surface area contributed by atoms with Gasteiger partial charge in [0.15, 0.2) is 11.6 Å². The van der Waals surface area contributed by atoms with E-state index in [0.29, 0.717) is 23.8 Å². The van der Waals surface area contributed by atoms with Gasteiger partial charge in [0.25, 0.3) is 0 Å². The van der Waals surface area contributed by atoms with Gasteiger partial charge in [0.2, 0.25) is 0 Å². The highest BCUT2D eigenvalue weighted by atomic mass is 32.1. The first-order valence-corrected chi connectivity index (χ1v) is 14.5. The Bertz CT molecular complexity index is 1550. The molecular weight excluding hydrogens is 510 g/mol. The fraction of sp³-hybridized carbons (Fsp3) is 0.500. The summed E-state index contributed by atoms with van der Waals surface area (Å²) in [6.45, 7) is 8.60. The van der Waals surface area contributed by atoms with Crippen LogP contribution in [-0.2, 0) is 13.5 Å². The van der Waals surface area contributed by atoms with E-state index in [1.807, 2.05) is 6.92 Å². The number of fused-ring (bicyclic) bond motifs is 3. The third-order valence-electron chi connectivity index (χ3n) is 8.58. The van der Waals surface area contributed by atoms with Crippen LogP contribution in [0.15, 0.2) is 29.3 Å². The van der Waals surface area contributed by atoms with Crippen molar-refractivity contribution in [3.8, 4) is 10.8 Å². The van der Waals surface area contributed by atoms with Crippen molar-refractivity contribution in [1.29, 1.82) is 0 Å². The number of rotatable bonds is 5. The molecule has 0 unspecified atom stereocenters. The van der Waals surface area contributed by atoms with Gasteiger partial charge >= 0.3 is 0 Å². The van der Waals surface area contributed by atoms with Gasteiger partial charge in [-0.05, 0) is 100 Å². The predicted molar refractivity (Wildman–Crippen MR) is 149 cm³/mol. The molecule has 2 fully saturated rings. The van der Waals surface area contributed by atoms with Gasteiger partial charge < -0.3 is 10.1 Å². The Morgan fingerprint density at radius 1 is 1.05 bits per heavy atom. The molecule has 3 aliphatic rings. The first-order chi connectivity index (χ1) is 18.9. The number of nitrogens with one attached hydrogen (secondary N) is 1. The lowest BCUT2D eigenvalue weighted by molar-refractivity contribution is -0.0347. The number of nitrogens with zero attached hydrogens (tertiary/aromatic N) is 8. The van der Waals surface area contributed by atoms with Gasteiger partial charge in [-0.25, -0.2) is 0 Å². The van der Waals surface area contributed by atoms with Crippen LogP contribution in [0.25, 0.3) is 5.00 Å². The molecule has 7 rings (SSSR count). The maximum absolute atomic E-state index is 6.39. The van der Waals surface area contributed by atoms with Crippen LogP contribution in [-0.4, -0.2) is 59.9 Å². The Morgan fingerprint density at radius 2 is 1.82 bits per heavy atom. The summed E-state index contributed by atoms with van der Waals surface area (Å²) in [4.78, 5) is 8.07. The quantitative estimate of drug-likeness (QED) is 0.408. The van der Waals surface area contributed by atoms with Crippen molar-refractivity contribution in [2.45, 2.75) is 65.0 Å². The Balaban J connectivity index is 1.22. The minimum Gasteiger partial charge on any atom is -0.490 e. The van der Waals surface area contributed by atoms with Crippen molar-refractivity contribution in [3.63, 3.8) is 0 Å². The van der Waals surface area contributed by atoms with Crippen LogP contribution in [0.5, 0.6) is 5.75 Å². The molecule has 1 N–H and O–H groups in total. The number of aliphatic imine (C=N–C) groups is 1. The van der Waals surface area contributed by atoms with Crippen LogP contribution in [0, 0.1) is 26.2 Å². The molecule has 4 aromatic rings. The smallest absolute Gasteiger partial charge is 0.177 e. The largest absolute Gasteiger partial charge is 0.490 e. The van der Waals surface area contributed by atoms with Gasteiger partial charge in [-0.2, -0.15) is 4.80 Å². The molecule has 1 saturated heterocycles. The number of tetrazole rings is 1. The second kappa shape index (κ2) is 9.34. The molecule has 39 heavy (non-hydrogen) atoms. The normalized spacial score (nSPS) is 20.2. The Hall–Kier alpha value is -3.44. The fourth-order valence-corrected chi connectivity index (χ4v) is 7.56. The van der Waals surface area contributed by atoms with E-state index >= 15 is 0 Å². The van der Waals surface area contributed by atoms with Crippen LogP contribution in [0.3, 0.4) is 0 Å². The number of hydrogen-bond acceptors (Lipinski definition) is 9. The maximum atomic E-state index is 6.39. The van der Waals surface area contributed by atoms with Crippen molar-refractivity contribution in [2.24, 2.45) is 17.5 Å². The molecule has 1 atom stereocenters. The number of benzene rings is 1. The van der Waals surface area contributed by atoms with E-state index in [4.69, 9.17) is 9.73 Å². The molecular formula is C28H33N9OS. The molecule has 11 heteroatoms. The minimum atomic E-state index is -0.295. The van der Waals surface area contributed by atoms with Crippen LogP contribution >= 0.6 is 11.3 Å². The molecule has 1 saturated carbocycles.